The van der Waals surface area contributed by atoms with Gasteiger partial charge >= 0.3 is 0 Å². The van der Waals surface area contributed by atoms with Crippen LogP contribution in [0.2, 0.25) is 0 Å². The SMILES string of the molecule is CCc1ccc(OCCN(CCCNC(=O)[C@H](N)CCCCCC(=N)N)CCCNC(=O)[C@H](N)CCCCCC(=N)N)cc1CS. The third-order valence-corrected chi connectivity index (χ3v) is 8.24. The first-order chi connectivity index (χ1) is 22.1. The number of nitrogens with one attached hydrogen (secondary N) is 4. The van der Waals surface area contributed by atoms with Crippen molar-refractivity contribution < 1.29 is 14.3 Å². The summed E-state index contributed by atoms with van der Waals surface area (Å²) in [6.07, 6.45) is 9.96. The number of ether oxygens (including phenoxy) is 1. The minimum atomic E-state index is -0.543. The van der Waals surface area contributed by atoms with Crippen molar-refractivity contribution in [3.63, 3.8) is 0 Å². The summed E-state index contributed by atoms with van der Waals surface area (Å²) in [5, 5.41) is 20.5. The normalized spacial score (nSPS) is 12.5. The van der Waals surface area contributed by atoms with Crippen LogP contribution in [0.25, 0.3) is 0 Å². The fourth-order valence-electron chi connectivity index (χ4n) is 5.08. The van der Waals surface area contributed by atoms with Gasteiger partial charge in [-0.1, -0.05) is 38.7 Å². The second-order valence-corrected chi connectivity index (χ2v) is 12.2. The van der Waals surface area contributed by atoms with Crippen LogP contribution in [0.15, 0.2) is 18.2 Å². The molecule has 46 heavy (non-hydrogen) atoms. The van der Waals surface area contributed by atoms with E-state index in [2.05, 4.69) is 47.2 Å². The van der Waals surface area contributed by atoms with Crippen LogP contribution in [-0.2, 0) is 21.8 Å². The van der Waals surface area contributed by atoms with Gasteiger partial charge in [-0.2, -0.15) is 12.6 Å². The summed E-state index contributed by atoms with van der Waals surface area (Å²) >= 11 is 4.46. The molecule has 12 nitrogen and oxygen atoms in total. The number of nitrogens with zero attached hydrogens (tertiary/aromatic N) is 1. The van der Waals surface area contributed by atoms with Gasteiger partial charge in [0.1, 0.15) is 12.4 Å². The van der Waals surface area contributed by atoms with Crippen LogP contribution < -0.4 is 38.3 Å². The topological polar surface area (TPSA) is 222 Å². The maximum atomic E-state index is 12.4. The molecule has 0 radical (unpaired) electrons. The first kappa shape index (κ1) is 41.2. The second kappa shape index (κ2) is 25.2. The van der Waals surface area contributed by atoms with E-state index >= 15 is 0 Å². The molecule has 0 unspecified atom stereocenters. The Hall–Kier alpha value is -2.87. The van der Waals surface area contributed by atoms with Crippen LogP contribution >= 0.6 is 12.6 Å². The Balaban J connectivity index is 2.50. The Labute approximate surface area is 281 Å². The molecule has 1 rings (SSSR count). The highest BCUT2D eigenvalue weighted by Gasteiger charge is 2.15. The van der Waals surface area contributed by atoms with Crippen LogP contribution in [0.1, 0.15) is 95.1 Å². The van der Waals surface area contributed by atoms with Crippen molar-refractivity contribution in [2.75, 3.05) is 39.3 Å². The molecule has 0 saturated heterocycles. The van der Waals surface area contributed by atoms with Gasteiger partial charge in [0.05, 0.1) is 23.8 Å². The van der Waals surface area contributed by atoms with Crippen LogP contribution in [0.3, 0.4) is 0 Å². The summed E-state index contributed by atoms with van der Waals surface area (Å²) in [7, 11) is 0. The molecule has 0 bridgehead atoms. The van der Waals surface area contributed by atoms with E-state index in [1.54, 1.807) is 0 Å². The molecular weight excluding hydrogens is 602 g/mol. The number of nitrogens with two attached hydrogens (primary N) is 4. The van der Waals surface area contributed by atoms with Crippen molar-refractivity contribution in [1.82, 2.24) is 15.5 Å². The van der Waals surface area contributed by atoms with Gasteiger partial charge in [0.2, 0.25) is 11.8 Å². The van der Waals surface area contributed by atoms with E-state index in [1.807, 2.05) is 6.07 Å². The lowest BCUT2D eigenvalue weighted by atomic mass is 10.1. The monoisotopic (exact) mass is 663 g/mol. The van der Waals surface area contributed by atoms with Crippen LogP contribution in [0.5, 0.6) is 5.75 Å². The van der Waals surface area contributed by atoms with E-state index in [4.69, 9.17) is 38.5 Å². The molecule has 13 heteroatoms. The predicted octanol–water partition coefficient (Wildman–Crippen LogP) is 2.80. The van der Waals surface area contributed by atoms with Gasteiger partial charge in [0.25, 0.3) is 0 Å². The van der Waals surface area contributed by atoms with E-state index in [0.29, 0.717) is 57.7 Å². The van der Waals surface area contributed by atoms with Gasteiger partial charge in [0, 0.05) is 38.2 Å². The fraction of sp³-hybridized carbons (Fsp3) is 0.697. The van der Waals surface area contributed by atoms with Crippen molar-refractivity contribution in [3.05, 3.63) is 29.3 Å². The fourth-order valence-corrected chi connectivity index (χ4v) is 5.37. The van der Waals surface area contributed by atoms with E-state index in [9.17, 15) is 9.59 Å². The van der Waals surface area contributed by atoms with Crippen molar-refractivity contribution in [3.8, 4) is 5.75 Å². The largest absolute Gasteiger partial charge is 0.492 e. The van der Waals surface area contributed by atoms with Gasteiger partial charge in [-0.3, -0.25) is 25.3 Å². The zero-order chi connectivity index (χ0) is 34.2. The lowest BCUT2D eigenvalue weighted by molar-refractivity contribution is -0.123. The quantitative estimate of drug-likeness (QED) is 0.0280. The zero-order valence-electron chi connectivity index (χ0n) is 28.0. The Morgan fingerprint density at radius 3 is 1.78 bits per heavy atom. The summed E-state index contributed by atoms with van der Waals surface area (Å²) in [6.45, 7) is 5.91. The molecular formula is C33H61N9O3S. The van der Waals surface area contributed by atoms with Gasteiger partial charge < -0.3 is 38.3 Å². The summed E-state index contributed by atoms with van der Waals surface area (Å²) < 4.78 is 6.08. The highest BCUT2D eigenvalue weighted by atomic mass is 32.1. The number of rotatable bonds is 28. The van der Waals surface area contributed by atoms with Gasteiger partial charge in [-0.05, 0) is 81.3 Å². The number of carbonyl (C=O) groups excluding carboxylic acids is 2. The molecule has 0 aliphatic carbocycles. The number of thiol groups is 1. The Morgan fingerprint density at radius 1 is 0.804 bits per heavy atom. The number of amides is 2. The predicted molar refractivity (Wildman–Crippen MR) is 192 cm³/mol. The van der Waals surface area contributed by atoms with E-state index in [1.165, 1.54) is 11.1 Å². The van der Waals surface area contributed by atoms with Crippen molar-refractivity contribution in [1.29, 1.82) is 10.8 Å². The van der Waals surface area contributed by atoms with E-state index in [0.717, 1.165) is 76.6 Å². The lowest BCUT2D eigenvalue weighted by Crippen LogP contribution is -2.42. The molecule has 0 saturated carbocycles. The first-order valence-electron chi connectivity index (χ1n) is 16.9. The van der Waals surface area contributed by atoms with Crippen LogP contribution in [-0.4, -0.2) is 79.8 Å². The Morgan fingerprint density at radius 2 is 1.33 bits per heavy atom. The summed E-state index contributed by atoms with van der Waals surface area (Å²) in [6, 6.07) is 5.07. The Bertz CT molecular complexity index is 994. The third-order valence-electron chi connectivity index (χ3n) is 7.90. The molecule has 0 aliphatic rings. The second-order valence-electron chi connectivity index (χ2n) is 11.9. The average molecular weight is 664 g/mol. The first-order valence-corrected chi connectivity index (χ1v) is 17.5. The van der Waals surface area contributed by atoms with Crippen molar-refractivity contribution in [2.24, 2.45) is 22.9 Å². The number of carbonyl (C=O) groups is 2. The third kappa shape index (κ3) is 19.6. The van der Waals surface area contributed by atoms with E-state index in [-0.39, 0.29) is 23.5 Å². The molecule has 0 fully saturated rings. The molecule has 2 atom stereocenters. The molecule has 2 amide bonds. The Kier molecular flexibility index (Phi) is 22.6. The number of aryl methyl sites for hydroxylation is 1. The van der Waals surface area contributed by atoms with Crippen molar-refractivity contribution >= 4 is 36.1 Å². The standard InChI is InChI=1S/C33H61N9O3S/c1-2-25-15-16-27(23-26(25)24-46)45-22-21-42(19-9-17-40-32(43)28(34)11-5-3-7-13-30(36)37)20-10-18-41-33(44)29(35)12-6-4-8-14-31(38)39/h15-16,23,28-29,46H,2-14,17-22,24,34-35H2,1H3,(H3,36,37)(H3,38,39)(H,40,43)(H,41,44)/t28-,29-/m1/s1. The number of unbranched alkanes of at least 4 members (excludes halogenated alkanes) is 4. The van der Waals surface area contributed by atoms with Crippen LogP contribution in [0.4, 0.5) is 0 Å². The maximum absolute atomic E-state index is 12.4. The van der Waals surface area contributed by atoms with Crippen molar-refractivity contribution in [2.45, 2.75) is 108 Å². The molecule has 12 N–H and O–H groups in total. The highest BCUT2D eigenvalue weighted by molar-refractivity contribution is 7.79. The summed E-state index contributed by atoms with van der Waals surface area (Å²) in [5.74, 6) is 1.58. The number of amidine groups is 2. The lowest BCUT2D eigenvalue weighted by Gasteiger charge is -2.23. The van der Waals surface area contributed by atoms with Gasteiger partial charge in [-0.15, -0.1) is 0 Å². The minimum Gasteiger partial charge on any atom is -0.492 e. The van der Waals surface area contributed by atoms with Gasteiger partial charge in [0.15, 0.2) is 0 Å². The summed E-state index contributed by atoms with van der Waals surface area (Å²) in [4.78, 5) is 27.2. The highest BCUT2D eigenvalue weighted by Crippen LogP contribution is 2.20. The molecule has 1 aromatic carbocycles. The molecule has 0 aliphatic heterocycles. The van der Waals surface area contributed by atoms with E-state index < -0.39 is 12.1 Å². The molecule has 262 valence electrons. The van der Waals surface area contributed by atoms with Crippen LogP contribution in [0, 0.1) is 10.8 Å². The smallest absolute Gasteiger partial charge is 0.236 e. The number of hydrogen-bond donors (Lipinski definition) is 9. The summed E-state index contributed by atoms with van der Waals surface area (Å²) in [5.41, 5.74) is 25.4. The zero-order valence-corrected chi connectivity index (χ0v) is 28.9. The number of hydrogen-bond acceptors (Lipinski definition) is 9. The maximum Gasteiger partial charge on any atom is 0.236 e. The molecule has 0 aromatic heterocycles. The average Bonchev–Trinajstić information content (AvgIpc) is 3.03. The number of benzene rings is 1. The molecule has 0 spiro atoms. The molecule has 0 heterocycles. The van der Waals surface area contributed by atoms with Gasteiger partial charge in [-0.25, -0.2) is 0 Å². The molecule has 1 aromatic rings. The minimum absolute atomic E-state index is 0.144.